The van der Waals surface area contributed by atoms with Crippen LogP contribution in [0.3, 0.4) is 0 Å². The lowest BCUT2D eigenvalue weighted by atomic mass is 10.1. The van der Waals surface area contributed by atoms with E-state index in [1.807, 2.05) is 6.92 Å². The highest BCUT2D eigenvalue weighted by molar-refractivity contribution is 7.15. The normalized spacial score (nSPS) is 10.7. The summed E-state index contributed by atoms with van der Waals surface area (Å²) in [6.07, 6.45) is 0.721. The number of hydrogen-bond acceptors (Lipinski definition) is 3. The number of aryl methyl sites for hydroxylation is 4. The zero-order chi connectivity index (χ0) is 14.0. The van der Waals surface area contributed by atoms with Crippen molar-refractivity contribution in [3.05, 3.63) is 39.9 Å². The highest BCUT2D eigenvalue weighted by Crippen LogP contribution is 2.31. The number of carboxylic acid groups (broad SMARTS) is 1. The molecule has 0 aliphatic carbocycles. The van der Waals surface area contributed by atoms with E-state index in [1.165, 1.54) is 11.1 Å². The third-order valence-electron chi connectivity index (χ3n) is 3.07. The van der Waals surface area contributed by atoms with Gasteiger partial charge in [0.15, 0.2) is 0 Å². The van der Waals surface area contributed by atoms with Crippen LogP contribution in [-0.4, -0.2) is 16.1 Å². The Morgan fingerprint density at radius 1 is 1.32 bits per heavy atom. The lowest BCUT2D eigenvalue weighted by Gasteiger charge is -2.02. The number of aliphatic carboxylic acids is 1. The summed E-state index contributed by atoms with van der Waals surface area (Å²) in [4.78, 5) is 16.3. The first-order chi connectivity index (χ1) is 8.97. The maximum absolute atomic E-state index is 10.6. The molecule has 1 aromatic heterocycles. The lowest BCUT2D eigenvalue weighted by Crippen LogP contribution is -1.96. The summed E-state index contributed by atoms with van der Waals surface area (Å²) in [5, 5.41) is 9.73. The fraction of sp³-hybridized carbons (Fsp3) is 0.333. The molecular weight excluding hydrogens is 258 g/mol. The van der Waals surface area contributed by atoms with Gasteiger partial charge in [-0.1, -0.05) is 23.8 Å². The fourth-order valence-corrected chi connectivity index (χ4v) is 3.20. The second-order valence-electron chi connectivity index (χ2n) is 4.74. The van der Waals surface area contributed by atoms with Crippen LogP contribution in [0.15, 0.2) is 18.2 Å². The van der Waals surface area contributed by atoms with Crippen LogP contribution in [0.5, 0.6) is 0 Å². The van der Waals surface area contributed by atoms with E-state index in [1.54, 1.807) is 11.3 Å². The predicted octanol–water partition coefficient (Wildman–Crippen LogP) is 3.75. The van der Waals surface area contributed by atoms with Crippen molar-refractivity contribution in [2.24, 2.45) is 0 Å². The quantitative estimate of drug-likeness (QED) is 0.924. The van der Waals surface area contributed by atoms with Crippen LogP contribution in [-0.2, 0) is 11.2 Å². The summed E-state index contributed by atoms with van der Waals surface area (Å²) < 4.78 is 0. The number of aromatic nitrogens is 1. The van der Waals surface area contributed by atoms with Gasteiger partial charge in [-0.05, 0) is 32.8 Å². The first kappa shape index (κ1) is 13.7. The van der Waals surface area contributed by atoms with E-state index in [0.717, 1.165) is 21.1 Å². The summed E-state index contributed by atoms with van der Waals surface area (Å²) in [5.74, 6) is -0.763. The summed E-state index contributed by atoms with van der Waals surface area (Å²) in [7, 11) is 0. The average Bonchev–Trinajstić information content (AvgIpc) is 2.67. The van der Waals surface area contributed by atoms with Crippen molar-refractivity contribution in [2.45, 2.75) is 33.6 Å². The minimum Gasteiger partial charge on any atom is -0.481 e. The Morgan fingerprint density at radius 3 is 2.68 bits per heavy atom. The van der Waals surface area contributed by atoms with Crippen LogP contribution in [0, 0.1) is 20.8 Å². The highest BCUT2D eigenvalue weighted by atomic mass is 32.1. The van der Waals surface area contributed by atoms with Crippen LogP contribution >= 0.6 is 11.3 Å². The molecule has 2 aromatic rings. The monoisotopic (exact) mass is 275 g/mol. The van der Waals surface area contributed by atoms with Gasteiger partial charge in [0, 0.05) is 10.4 Å². The van der Waals surface area contributed by atoms with Crippen molar-refractivity contribution in [3.63, 3.8) is 0 Å². The van der Waals surface area contributed by atoms with Gasteiger partial charge in [0.1, 0.15) is 5.01 Å². The Balaban J connectivity index is 2.31. The Morgan fingerprint density at radius 2 is 2.05 bits per heavy atom. The third kappa shape index (κ3) is 3.20. The lowest BCUT2D eigenvalue weighted by molar-refractivity contribution is -0.136. The number of rotatable bonds is 4. The molecule has 0 saturated carbocycles. The topological polar surface area (TPSA) is 50.2 Å². The molecule has 1 aromatic carbocycles. The Bertz CT molecular complexity index is 617. The molecule has 19 heavy (non-hydrogen) atoms. The molecule has 0 saturated heterocycles. The number of carbonyl (C=O) groups is 1. The van der Waals surface area contributed by atoms with Crippen LogP contribution in [0.4, 0.5) is 0 Å². The minimum absolute atomic E-state index is 0.162. The summed E-state index contributed by atoms with van der Waals surface area (Å²) in [6, 6.07) is 6.31. The largest absolute Gasteiger partial charge is 0.481 e. The second kappa shape index (κ2) is 5.53. The van der Waals surface area contributed by atoms with Gasteiger partial charge in [0.2, 0.25) is 0 Å². The average molecular weight is 275 g/mol. The molecular formula is C15H17NO2S. The zero-order valence-corrected chi connectivity index (χ0v) is 12.2. The first-order valence-corrected chi connectivity index (χ1v) is 7.04. The molecule has 2 rings (SSSR count). The Labute approximate surface area is 116 Å². The van der Waals surface area contributed by atoms with Crippen LogP contribution in [0.2, 0.25) is 0 Å². The van der Waals surface area contributed by atoms with Gasteiger partial charge < -0.3 is 5.11 Å². The fourth-order valence-electron chi connectivity index (χ4n) is 2.05. The standard InChI is InChI=1S/C15H17NO2S/c1-9-4-5-12(10(2)8-9)15-16-11(3)13(19-15)6-7-14(17)18/h4-5,8H,6-7H2,1-3H3,(H,17,18). The number of benzene rings is 1. The van der Waals surface area contributed by atoms with Crippen molar-refractivity contribution < 1.29 is 9.90 Å². The van der Waals surface area contributed by atoms with E-state index < -0.39 is 5.97 Å². The Hall–Kier alpha value is -1.68. The Kier molecular flexibility index (Phi) is 4.00. The second-order valence-corrected chi connectivity index (χ2v) is 5.82. The molecule has 0 unspecified atom stereocenters. The van der Waals surface area contributed by atoms with E-state index in [-0.39, 0.29) is 6.42 Å². The number of carboxylic acids is 1. The van der Waals surface area contributed by atoms with Gasteiger partial charge in [-0.25, -0.2) is 4.98 Å². The van der Waals surface area contributed by atoms with Gasteiger partial charge in [0.05, 0.1) is 12.1 Å². The van der Waals surface area contributed by atoms with Crippen molar-refractivity contribution >= 4 is 17.3 Å². The number of nitrogens with zero attached hydrogens (tertiary/aromatic N) is 1. The van der Waals surface area contributed by atoms with E-state index in [4.69, 9.17) is 5.11 Å². The molecule has 4 heteroatoms. The molecule has 3 nitrogen and oxygen atoms in total. The molecule has 0 amide bonds. The maximum atomic E-state index is 10.6. The summed E-state index contributed by atoms with van der Waals surface area (Å²) in [6.45, 7) is 6.10. The van der Waals surface area contributed by atoms with Crippen molar-refractivity contribution in [1.82, 2.24) is 4.98 Å². The molecule has 0 bridgehead atoms. The third-order valence-corrected chi connectivity index (χ3v) is 4.32. The zero-order valence-electron chi connectivity index (χ0n) is 11.4. The maximum Gasteiger partial charge on any atom is 0.303 e. The molecule has 1 N–H and O–H groups in total. The van der Waals surface area contributed by atoms with E-state index in [0.29, 0.717) is 6.42 Å². The molecule has 0 aliphatic heterocycles. The molecule has 0 atom stereocenters. The molecule has 0 spiro atoms. The van der Waals surface area contributed by atoms with Gasteiger partial charge in [-0.15, -0.1) is 11.3 Å². The van der Waals surface area contributed by atoms with E-state index in [9.17, 15) is 4.79 Å². The molecule has 100 valence electrons. The SMILES string of the molecule is Cc1ccc(-c2nc(C)c(CCC(=O)O)s2)c(C)c1. The van der Waals surface area contributed by atoms with E-state index in [2.05, 4.69) is 37.0 Å². The molecule has 0 fully saturated rings. The van der Waals surface area contributed by atoms with Gasteiger partial charge >= 0.3 is 5.97 Å². The summed E-state index contributed by atoms with van der Waals surface area (Å²) >= 11 is 1.60. The molecule has 0 aliphatic rings. The number of thiazole rings is 1. The van der Waals surface area contributed by atoms with Gasteiger partial charge in [0.25, 0.3) is 0 Å². The predicted molar refractivity (Wildman–Crippen MR) is 77.7 cm³/mol. The minimum atomic E-state index is -0.763. The first-order valence-electron chi connectivity index (χ1n) is 6.23. The molecule has 0 radical (unpaired) electrons. The summed E-state index contributed by atoms with van der Waals surface area (Å²) in [5.41, 5.74) is 4.53. The van der Waals surface area contributed by atoms with Crippen LogP contribution in [0.1, 0.15) is 28.1 Å². The van der Waals surface area contributed by atoms with Gasteiger partial charge in [-0.2, -0.15) is 0 Å². The van der Waals surface area contributed by atoms with Gasteiger partial charge in [-0.3, -0.25) is 4.79 Å². The van der Waals surface area contributed by atoms with Crippen molar-refractivity contribution in [2.75, 3.05) is 0 Å². The number of hydrogen-bond donors (Lipinski definition) is 1. The highest BCUT2D eigenvalue weighted by Gasteiger charge is 2.12. The van der Waals surface area contributed by atoms with Crippen molar-refractivity contribution in [1.29, 1.82) is 0 Å². The van der Waals surface area contributed by atoms with Crippen LogP contribution < -0.4 is 0 Å². The molecule has 1 heterocycles. The van der Waals surface area contributed by atoms with Crippen molar-refractivity contribution in [3.8, 4) is 10.6 Å². The van der Waals surface area contributed by atoms with Crippen LogP contribution in [0.25, 0.3) is 10.6 Å². The smallest absolute Gasteiger partial charge is 0.303 e. The van der Waals surface area contributed by atoms with E-state index >= 15 is 0 Å².